The number of hydrogen-bond donors (Lipinski definition) is 1. The Hall–Kier alpha value is -2.82. The third-order valence-electron chi connectivity index (χ3n) is 5.23. The largest absolute Gasteiger partial charge is 0.484 e. The molecule has 0 saturated carbocycles. The molecule has 1 N–H and O–H groups in total. The molecule has 2 aliphatic rings. The molecule has 1 fully saturated rings. The Bertz CT molecular complexity index is 862. The second kappa shape index (κ2) is 7.82. The van der Waals surface area contributed by atoms with Gasteiger partial charge in [-0.25, -0.2) is 0 Å². The molecule has 1 saturated heterocycles. The average molecular weight is 364 g/mol. The lowest BCUT2D eigenvalue weighted by atomic mass is 10.1. The van der Waals surface area contributed by atoms with Gasteiger partial charge in [-0.15, -0.1) is 0 Å². The Morgan fingerprint density at radius 1 is 1.04 bits per heavy atom. The van der Waals surface area contributed by atoms with E-state index in [1.807, 2.05) is 18.2 Å². The van der Waals surface area contributed by atoms with Crippen LogP contribution in [0.25, 0.3) is 0 Å². The van der Waals surface area contributed by atoms with Gasteiger partial charge in [0.05, 0.1) is 0 Å². The van der Waals surface area contributed by atoms with Crippen LogP contribution in [0.5, 0.6) is 5.75 Å². The summed E-state index contributed by atoms with van der Waals surface area (Å²) in [5.41, 5.74) is 4.79. The maximum atomic E-state index is 12.1. The van der Waals surface area contributed by atoms with Crippen LogP contribution in [0.4, 0.5) is 5.69 Å². The lowest BCUT2D eigenvalue weighted by Gasteiger charge is -2.16. The first-order chi connectivity index (χ1) is 13.2. The molecule has 2 aromatic carbocycles. The molecule has 140 valence electrons. The average Bonchev–Trinajstić information content (AvgIpc) is 3.33. The maximum absolute atomic E-state index is 12.1. The topological polar surface area (TPSA) is 58.6 Å². The van der Waals surface area contributed by atoms with E-state index in [1.165, 1.54) is 17.5 Å². The predicted molar refractivity (Wildman–Crippen MR) is 104 cm³/mol. The van der Waals surface area contributed by atoms with E-state index in [0.29, 0.717) is 18.7 Å². The second-order valence-electron chi connectivity index (χ2n) is 7.17. The van der Waals surface area contributed by atoms with Crippen LogP contribution in [0.1, 0.15) is 36.0 Å². The highest BCUT2D eigenvalue weighted by atomic mass is 16.5. The first-order valence-electron chi connectivity index (χ1n) is 9.60. The molecule has 0 radical (unpaired) electrons. The fourth-order valence-electron chi connectivity index (χ4n) is 3.80. The zero-order valence-electron chi connectivity index (χ0n) is 15.4. The molecular formula is C22H24N2O3. The van der Waals surface area contributed by atoms with Crippen molar-refractivity contribution in [3.05, 3.63) is 59.2 Å². The molecule has 2 aromatic rings. The van der Waals surface area contributed by atoms with Crippen LogP contribution in [-0.2, 0) is 29.0 Å². The van der Waals surface area contributed by atoms with Gasteiger partial charge in [-0.3, -0.25) is 9.59 Å². The van der Waals surface area contributed by atoms with Crippen molar-refractivity contribution in [3.8, 4) is 5.75 Å². The molecule has 0 atom stereocenters. The van der Waals surface area contributed by atoms with Gasteiger partial charge in [-0.1, -0.05) is 24.3 Å². The number of hydrogen-bond acceptors (Lipinski definition) is 3. The summed E-state index contributed by atoms with van der Waals surface area (Å²) in [6, 6.07) is 13.8. The predicted octanol–water partition coefficient (Wildman–Crippen LogP) is 3.00. The number of nitrogens with one attached hydrogen (secondary N) is 1. The second-order valence-corrected chi connectivity index (χ2v) is 7.17. The molecule has 0 bridgehead atoms. The highest BCUT2D eigenvalue weighted by molar-refractivity contribution is 5.95. The van der Waals surface area contributed by atoms with Gasteiger partial charge in [0.25, 0.3) is 5.91 Å². The minimum Gasteiger partial charge on any atom is -0.484 e. The van der Waals surface area contributed by atoms with Crippen LogP contribution >= 0.6 is 0 Å². The minimum absolute atomic E-state index is 0.0393. The zero-order chi connectivity index (χ0) is 18.6. The zero-order valence-corrected chi connectivity index (χ0v) is 15.4. The summed E-state index contributed by atoms with van der Waals surface area (Å²) in [4.78, 5) is 25.7. The van der Waals surface area contributed by atoms with E-state index in [4.69, 9.17) is 4.74 Å². The van der Waals surface area contributed by atoms with Crippen LogP contribution in [0.2, 0.25) is 0 Å². The molecule has 0 aromatic heterocycles. The Balaban J connectivity index is 1.28. The van der Waals surface area contributed by atoms with Crippen molar-refractivity contribution in [2.45, 2.75) is 38.6 Å². The summed E-state index contributed by atoms with van der Waals surface area (Å²) in [6.45, 7) is 1.21. The van der Waals surface area contributed by atoms with E-state index in [1.54, 1.807) is 11.0 Å². The van der Waals surface area contributed by atoms with Crippen molar-refractivity contribution in [2.75, 3.05) is 18.1 Å². The van der Waals surface area contributed by atoms with Crippen molar-refractivity contribution < 1.29 is 14.3 Å². The van der Waals surface area contributed by atoms with Crippen LogP contribution in [0.15, 0.2) is 42.5 Å². The number of carbonyl (C=O) groups excluding carboxylic acids is 2. The molecule has 5 heteroatoms. The van der Waals surface area contributed by atoms with Crippen LogP contribution in [-0.4, -0.2) is 25.0 Å². The van der Waals surface area contributed by atoms with Gasteiger partial charge in [0.2, 0.25) is 5.91 Å². The summed E-state index contributed by atoms with van der Waals surface area (Å²) in [5.74, 6) is 0.581. The summed E-state index contributed by atoms with van der Waals surface area (Å²) in [5, 5.41) is 2.91. The van der Waals surface area contributed by atoms with Crippen molar-refractivity contribution in [1.82, 2.24) is 5.32 Å². The van der Waals surface area contributed by atoms with Gasteiger partial charge in [0.1, 0.15) is 5.75 Å². The molecule has 5 nitrogen and oxygen atoms in total. The van der Waals surface area contributed by atoms with E-state index in [-0.39, 0.29) is 18.4 Å². The molecule has 4 rings (SSSR count). The SMILES string of the molecule is O=C(COc1cccc(N2CCCC2=O)c1)NCc1ccc2c(c1)CCC2. The molecule has 1 aliphatic carbocycles. The van der Waals surface area contributed by atoms with E-state index in [0.717, 1.165) is 37.1 Å². The first kappa shape index (κ1) is 17.6. The number of fused-ring (bicyclic) bond motifs is 1. The summed E-state index contributed by atoms with van der Waals surface area (Å²) < 4.78 is 5.62. The number of benzene rings is 2. The van der Waals surface area contributed by atoms with Crippen molar-refractivity contribution >= 4 is 17.5 Å². The van der Waals surface area contributed by atoms with E-state index in [2.05, 4.69) is 23.5 Å². The van der Waals surface area contributed by atoms with Gasteiger partial charge < -0.3 is 15.0 Å². The van der Waals surface area contributed by atoms with Crippen LogP contribution in [0.3, 0.4) is 0 Å². The number of amides is 2. The highest BCUT2D eigenvalue weighted by Gasteiger charge is 2.21. The van der Waals surface area contributed by atoms with Gasteiger partial charge in [-0.2, -0.15) is 0 Å². The Labute approximate surface area is 159 Å². The molecule has 0 spiro atoms. The highest BCUT2D eigenvalue weighted by Crippen LogP contribution is 2.25. The first-order valence-corrected chi connectivity index (χ1v) is 9.60. The Kier molecular flexibility index (Phi) is 5.10. The molecular weight excluding hydrogens is 340 g/mol. The van der Waals surface area contributed by atoms with Crippen LogP contribution < -0.4 is 15.0 Å². The summed E-state index contributed by atoms with van der Waals surface area (Å²) in [6.07, 6.45) is 5.00. The molecule has 1 aliphatic heterocycles. The van der Waals surface area contributed by atoms with Gasteiger partial charge in [-0.05, 0) is 54.5 Å². The quantitative estimate of drug-likeness (QED) is 0.857. The lowest BCUT2D eigenvalue weighted by Crippen LogP contribution is -2.28. The molecule has 1 heterocycles. The Morgan fingerprint density at radius 2 is 1.93 bits per heavy atom. The van der Waals surface area contributed by atoms with Crippen molar-refractivity contribution in [2.24, 2.45) is 0 Å². The van der Waals surface area contributed by atoms with Gasteiger partial charge in [0, 0.05) is 31.3 Å². The van der Waals surface area contributed by atoms with Crippen molar-refractivity contribution in [3.63, 3.8) is 0 Å². The normalized spacial score (nSPS) is 15.7. The summed E-state index contributed by atoms with van der Waals surface area (Å²) >= 11 is 0. The number of anilines is 1. The lowest BCUT2D eigenvalue weighted by molar-refractivity contribution is -0.123. The number of aryl methyl sites for hydroxylation is 2. The number of ether oxygens (including phenoxy) is 1. The molecule has 0 unspecified atom stereocenters. The third kappa shape index (κ3) is 4.13. The third-order valence-corrected chi connectivity index (χ3v) is 5.23. The maximum Gasteiger partial charge on any atom is 0.258 e. The number of rotatable bonds is 6. The molecule has 27 heavy (non-hydrogen) atoms. The Morgan fingerprint density at radius 3 is 2.78 bits per heavy atom. The van der Waals surface area contributed by atoms with Crippen LogP contribution in [0, 0.1) is 0 Å². The number of nitrogens with zero attached hydrogens (tertiary/aromatic N) is 1. The fraction of sp³-hybridized carbons (Fsp3) is 0.364. The summed E-state index contributed by atoms with van der Waals surface area (Å²) in [7, 11) is 0. The van der Waals surface area contributed by atoms with Gasteiger partial charge in [0.15, 0.2) is 6.61 Å². The van der Waals surface area contributed by atoms with Gasteiger partial charge >= 0.3 is 0 Å². The molecule has 2 amide bonds. The minimum atomic E-state index is -0.154. The van der Waals surface area contributed by atoms with E-state index in [9.17, 15) is 9.59 Å². The number of carbonyl (C=O) groups is 2. The van der Waals surface area contributed by atoms with E-state index >= 15 is 0 Å². The smallest absolute Gasteiger partial charge is 0.258 e. The standard InChI is InChI=1S/C22H24N2O3/c25-21(23-14-16-9-10-17-4-1-5-18(17)12-16)15-27-20-7-2-6-19(13-20)24-11-3-8-22(24)26/h2,6-7,9-10,12-13H,1,3-5,8,11,14-15H2,(H,23,25). The fourth-order valence-corrected chi connectivity index (χ4v) is 3.80. The van der Waals surface area contributed by atoms with E-state index < -0.39 is 0 Å². The monoisotopic (exact) mass is 364 g/mol. The van der Waals surface area contributed by atoms with Crippen molar-refractivity contribution in [1.29, 1.82) is 0 Å².